The summed E-state index contributed by atoms with van der Waals surface area (Å²) in [6, 6.07) is 9.35. The number of amides is 1. The van der Waals surface area contributed by atoms with Gasteiger partial charge in [-0.3, -0.25) is 4.79 Å². The summed E-state index contributed by atoms with van der Waals surface area (Å²) in [6.07, 6.45) is 3.29. The molecule has 0 atom stereocenters. The van der Waals surface area contributed by atoms with Crippen LogP contribution < -0.4 is 11.1 Å². The van der Waals surface area contributed by atoms with Gasteiger partial charge in [-0.05, 0) is 45.8 Å². The lowest BCUT2D eigenvalue weighted by Crippen LogP contribution is -2.19. The first kappa shape index (κ1) is 13.8. The van der Waals surface area contributed by atoms with Crippen molar-refractivity contribution in [3.8, 4) is 0 Å². The van der Waals surface area contributed by atoms with E-state index in [0.29, 0.717) is 12.2 Å². The van der Waals surface area contributed by atoms with Gasteiger partial charge < -0.3 is 11.1 Å². The highest BCUT2D eigenvalue weighted by molar-refractivity contribution is 9.10. The van der Waals surface area contributed by atoms with E-state index in [1.165, 1.54) is 6.08 Å². The van der Waals surface area contributed by atoms with Crippen LogP contribution in [-0.2, 0) is 11.3 Å². The summed E-state index contributed by atoms with van der Waals surface area (Å²) >= 11 is 4.99. The van der Waals surface area contributed by atoms with Crippen LogP contribution in [0.4, 0.5) is 5.69 Å². The van der Waals surface area contributed by atoms with Crippen molar-refractivity contribution in [1.82, 2.24) is 5.32 Å². The van der Waals surface area contributed by atoms with E-state index in [9.17, 15) is 4.79 Å². The molecule has 1 amide bonds. The van der Waals surface area contributed by atoms with Crippen LogP contribution in [-0.4, -0.2) is 5.91 Å². The quantitative estimate of drug-likeness (QED) is 0.663. The van der Waals surface area contributed by atoms with Crippen molar-refractivity contribution >= 4 is 44.9 Å². The highest BCUT2D eigenvalue weighted by Crippen LogP contribution is 2.19. The number of nitrogen functional groups attached to an aromatic ring is 1. The minimum atomic E-state index is -0.110. The van der Waals surface area contributed by atoms with Gasteiger partial charge in [0.05, 0.1) is 6.54 Å². The minimum absolute atomic E-state index is 0.110. The molecule has 2 aromatic rings. The van der Waals surface area contributed by atoms with Crippen molar-refractivity contribution in [2.24, 2.45) is 0 Å². The van der Waals surface area contributed by atoms with Crippen LogP contribution >= 0.6 is 27.3 Å². The van der Waals surface area contributed by atoms with Gasteiger partial charge in [0.15, 0.2) is 0 Å². The van der Waals surface area contributed by atoms with Gasteiger partial charge in [-0.25, -0.2) is 0 Å². The molecule has 0 aliphatic heterocycles. The molecule has 0 saturated heterocycles. The van der Waals surface area contributed by atoms with Gasteiger partial charge in [0.1, 0.15) is 0 Å². The monoisotopic (exact) mass is 336 g/mol. The van der Waals surface area contributed by atoms with Crippen molar-refractivity contribution < 1.29 is 4.79 Å². The largest absolute Gasteiger partial charge is 0.399 e. The molecule has 3 N–H and O–H groups in total. The molecule has 98 valence electrons. The Balaban J connectivity index is 1.85. The molecule has 0 spiro atoms. The van der Waals surface area contributed by atoms with Crippen LogP contribution in [0.25, 0.3) is 6.08 Å². The molecule has 0 aliphatic rings. The standard InChI is InChI=1S/C14H13BrN2OS/c15-11-7-13(19-9-11)8-17-14(18)6-3-10-1-4-12(16)5-2-10/h1-7,9H,8,16H2,(H,17,18)/b6-3+. The Morgan fingerprint density at radius 1 is 1.37 bits per heavy atom. The predicted octanol–water partition coefficient (Wildman–Crippen LogP) is 3.42. The molecule has 0 fully saturated rings. The third-order valence-electron chi connectivity index (χ3n) is 2.42. The van der Waals surface area contributed by atoms with Crippen molar-refractivity contribution in [2.45, 2.75) is 6.54 Å². The number of carbonyl (C=O) groups is 1. The van der Waals surface area contributed by atoms with E-state index in [-0.39, 0.29) is 5.91 Å². The first-order valence-corrected chi connectivity index (χ1v) is 7.35. The molecule has 0 radical (unpaired) electrons. The Labute approximate surface area is 124 Å². The fourth-order valence-electron chi connectivity index (χ4n) is 1.46. The molecule has 0 bridgehead atoms. The Bertz CT molecular complexity index is 590. The molecule has 0 aliphatic carbocycles. The highest BCUT2D eigenvalue weighted by atomic mass is 79.9. The van der Waals surface area contributed by atoms with Crippen molar-refractivity contribution in [1.29, 1.82) is 0 Å². The minimum Gasteiger partial charge on any atom is -0.399 e. The number of hydrogen-bond acceptors (Lipinski definition) is 3. The van der Waals surface area contributed by atoms with Crippen LogP contribution in [0.15, 0.2) is 46.3 Å². The van der Waals surface area contributed by atoms with Gasteiger partial charge in [-0.2, -0.15) is 0 Å². The maximum absolute atomic E-state index is 11.6. The Kier molecular flexibility index (Phi) is 4.76. The summed E-state index contributed by atoms with van der Waals surface area (Å²) in [7, 11) is 0. The zero-order valence-corrected chi connectivity index (χ0v) is 12.5. The third kappa shape index (κ3) is 4.54. The second-order valence-electron chi connectivity index (χ2n) is 3.95. The summed E-state index contributed by atoms with van der Waals surface area (Å²) in [6.45, 7) is 0.543. The lowest BCUT2D eigenvalue weighted by molar-refractivity contribution is -0.116. The van der Waals surface area contributed by atoms with Crippen molar-refractivity contribution in [3.63, 3.8) is 0 Å². The maximum atomic E-state index is 11.6. The van der Waals surface area contributed by atoms with Gasteiger partial charge >= 0.3 is 0 Å². The first-order valence-electron chi connectivity index (χ1n) is 5.68. The predicted molar refractivity (Wildman–Crippen MR) is 83.8 cm³/mol. The first-order chi connectivity index (χ1) is 9.13. The lowest BCUT2D eigenvalue weighted by Gasteiger charge is -1.99. The molecule has 5 heteroatoms. The normalized spacial score (nSPS) is 10.8. The molecule has 1 aromatic heterocycles. The van der Waals surface area contributed by atoms with Crippen LogP contribution in [0.1, 0.15) is 10.4 Å². The van der Waals surface area contributed by atoms with E-state index in [2.05, 4.69) is 21.2 Å². The number of anilines is 1. The summed E-state index contributed by atoms with van der Waals surface area (Å²) in [5.74, 6) is -0.110. The molecule has 1 heterocycles. The third-order valence-corrected chi connectivity index (χ3v) is 4.12. The Hall–Kier alpha value is -1.59. The van der Waals surface area contributed by atoms with Crippen LogP contribution in [0.3, 0.4) is 0 Å². The number of halogens is 1. The van der Waals surface area contributed by atoms with Gasteiger partial charge in [0.2, 0.25) is 5.91 Å². The number of benzene rings is 1. The highest BCUT2D eigenvalue weighted by Gasteiger charge is 1.99. The number of thiophene rings is 1. The van der Waals surface area contributed by atoms with Gasteiger partial charge in [-0.15, -0.1) is 11.3 Å². The number of nitrogens with one attached hydrogen (secondary N) is 1. The fourth-order valence-corrected chi connectivity index (χ4v) is 2.85. The second kappa shape index (κ2) is 6.54. The molecule has 3 nitrogen and oxygen atoms in total. The number of nitrogens with two attached hydrogens (primary N) is 1. The molecule has 19 heavy (non-hydrogen) atoms. The van der Waals surface area contributed by atoms with E-state index in [0.717, 1.165) is 14.9 Å². The summed E-state index contributed by atoms with van der Waals surface area (Å²) in [5.41, 5.74) is 7.25. The number of hydrogen-bond donors (Lipinski definition) is 2. The zero-order chi connectivity index (χ0) is 13.7. The smallest absolute Gasteiger partial charge is 0.244 e. The van der Waals surface area contributed by atoms with E-state index < -0.39 is 0 Å². The molecular weight excluding hydrogens is 324 g/mol. The van der Waals surface area contributed by atoms with Crippen LogP contribution in [0, 0.1) is 0 Å². The van der Waals surface area contributed by atoms with E-state index >= 15 is 0 Å². The summed E-state index contributed by atoms with van der Waals surface area (Å²) in [5, 5.41) is 4.82. The van der Waals surface area contributed by atoms with Crippen molar-refractivity contribution in [3.05, 3.63) is 56.7 Å². The van der Waals surface area contributed by atoms with E-state index in [1.54, 1.807) is 29.5 Å². The number of carbonyl (C=O) groups excluding carboxylic acids is 1. The average Bonchev–Trinajstić information content (AvgIpc) is 2.81. The number of rotatable bonds is 4. The SMILES string of the molecule is Nc1ccc(/C=C/C(=O)NCc2cc(Br)cs2)cc1. The summed E-state index contributed by atoms with van der Waals surface area (Å²) < 4.78 is 1.04. The molecular formula is C14H13BrN2OS. The Morgan fingerprint density at radius 3 is 2.74 bits per heavy atom. The summed E-state index contributed by atoms with van der Waals surface area (Å²) in [4.78, 5) is 12.7. The van der Waals surface area contributed by atoms with E-state index in [1.807, 2.05) is 23.6 Å². The topological polar surface area (TPSA) is 55.1 Å². The van der Waals surface area contributed by atoms with Crippen LogP contribution in [0.2, 0.25) is 0 Å². The second-order valence-corrected chi connectivity index (χ2v) is 5.86. The van der Waals surface area contributed by atoms with E-state index in [4.69, 9.17) is 5.73 Å². The zero-order valence-electron chi connectivity index (χ0n) is 10.1. The maximum Gasteiger partial charge on any atom is 0.244 e. The molecule has 0 saturated carbocycles. The average molecular weight is 337 g/mol. The van der Waals surface area contributed by atoms with Crippen molar-refractivity contribution in [2.75, 3.05) is 5.73 Å². The lowest BCUT2D eigenvalue weighted by atomic mass is 10.2. The van der Waals surface area contributed by atoms with Crippen LogP contribution in [0.5, 0.6) is 0 Å². The van der Waals surface area contributed by atoms with Gasteiger partial charge in [0, 0.05) is 26.5 Å². The fraction of sp³-hybridized carbons (Fsp3) is 0.0714. The van der Waals surface area contributed by atoms with Gasteiger partial charge in [-0.1, -0.05) is 12.1 Å². The molecule has 1 aromatic carbocycles. The molecule has 0 unspecified atom stereocenters. The Morgan fingerprint density at radius 2 is 2.11 bits per heavy atom. The molecule has 2 rings (SSSR count). The van der Waals surface area contributed by atoms with Gasteiger partial charge in [0.25, 0.3) is 0 Å².